The Morgan fingerprint density at radius 1 is 1.14 bits per heavy atom. The van der Waals surface area contributed by atoms with Crippen molar-refractivity contribution in [2.75, 3.05) is 12.3 Å². The number of anilines is 1. The zero-order valence-electron chi connectivity index (χ0n) is 16.2. The minimum Gasteiger partial charge on any atom is -0.462 e. The van der Waals surface area contributed by atoms with Crippen LogP contribution in [0.5, 0.6) is 0 Å². The molecule has 0 unspecified atom stereocenters. The highest BCUT2D eigenvalue weighted by Crippen LogP contribution is 2.32. The number of benzene rings is 2. The van der Waals surface area contributed by atoms with Gasteiger partial charge in [-0.3, -0.25) is 4.57 Å². The van der Waals surface area contributed by atoms with Gasteiger partial charge in [0.1, 0.15) is 16.9 Å². The van der Waals surface area contributed by atoms with Crippen molar-refractivity contribution in [3.63, 3.8) is 0 Å². The summed E-state index contributed by atoms with van der Waals surface area (Å²) >= 11 is 3.45. The number of ether oxygens (including phenoxy) is 1. The van der Waals surface area contributed by atoms with Gasteiger partial charge in [-0.15, -0.1) is 0 Å². The Labute approximate surface area is 176 Å². The van der Waals surface area contributed by atoms with E-state index in [4.69, 9.17) is 20.4 Å². The van der Waals surface area contributed by atoms with Crippen molar-refractivity contribution in [2.24, 2.45) is 5.92 Å². The van der Waals surface area contributed by atoms with E-state index in [0.29, 0.717) is 23.3 Å². The minimum atomic E-state index is -0.478. The number of nitrogen functional groups attached to an aromatic ring is 1. The molecule has 2 heterocycles. The number of carbonyl (C=O) groups excluding carboxylic acids is 1. The van der Waals surface area contributed by atoms with E-state index in [0.717, 1.165) is 22.1 Å². The van der Waals surface area contributed by atoms with Crippen LogP contribution in [-0.2, 0) is 4.74 Å². The van der Waals surface area contributed by atoms with Gasteiger partial charge in [-0.1, -0.05) is 48.3 Å². The average molecular weight is 453 g/mol. The highest BCUT2D eigenvalue weighted by molar-refractivity contribution is 9.10. The van der Waals surface area contributed by atoms with Crippen LogP contribution >= 0.6 is 15.9 Å². The second kappa shape index (κ2) is 7.83. The number of hydrogen-bond acceptors (Lipinski definition) is 5. The molecule has 0 aliphatic heterocycles. The lowest BCUT2D eigenvalue weighted by Crippen LogP contribution is -2.13. The Bertz CT molecular complexity index is 1200. The molecule has 29 heavy (non-hydrogen) atoms. The Morgan fingerprint density at radius 3 is 2.45 bits per heavy atom. The number of halogens is 1. The van der Waals surface area contributed by atoms with Gasteiger partial charge in [-0.2, -0.15) is 0 Å². The van der Waals surface area contributed by atoms with Gasteiger partial charge in [0.2, 0.25) is 0 Å². The largest absolute Gasteiger partial charge is 0.462 e. The summed E-state index contributed by atoms with van der Waals surface area (Å²) in [7, 11) is 0. The van der Waals surface area contributed by atoms with Gasteiger partial charge in [0.15, 0.2) is 5.65 Å². The molecule has 0 saturated heterocycles. The first kappa shape index (κ1) is 19.4. The smallest absolute Gasteiger partial charge is 0.344 e. The van der Waals surface area contributed by atoms with Gasteiger partial charge < -0.3 is 10.5 Å². The maximum Gasteiger partial charge on any atom is 0.344 e. The zero-order valence-corrected chi connectivity index (χ0v) is 17.8. The van der Waals surface area contributed by atoms with Crippen LogP contribution in [0, 0.1) is 5.92 Å². The zero-order chi connectivity index (χ0) is 20.5. The standard InChI is InChI=1S/C22H21BrN4O2/c1-3-13(2)12-29-22(28)18-19-21(26-17-7-5-4-6-16(17)25-19)27(20(18)24)15-10-8-14(23)9-11-15/h4-11,13H,3,12,24H2,1-2H3/t13-/m0/s1. The van der Waals surface area contributed by atoms with Crippen LogP contribution in [0.1, 0.15) is 30.6 Å². The average Bonchev–Trinajstić information content (AvgIpc) is 3.01. The third kappa shape index (κ3) is 3.58. The van der Waals surface area contributed by atoms with Crippen LogP contribution < -0.4 is 5.73 Å². The first-order chi connectivity index (χ1) is 14.0. The molecule has 148 valence electrons. The van der Waals surface area contributed by atoms with E-state index in [1.807, 2.05) is 55.5 Å². The van der Waals surface area contributed by atoms with Crippen LogP contribution in [0.15, 0.2) is 53.0 Å². The lowest BCUT2D eigenvalue weighted by molar-refractivity contribution is 0.0450. The number of nitrogens with zero attached hydrogens (tertiary/aromatic N) is 3. The molecule has 0 radical (unpaired) electrons. The number of nitrogens with two attached hydrogens (primary N) is 1. The molecule has 1 atom stereocenters. The summed E-state index contributed by atoms with van der Waals surface area (Å²) in [6.45, 7) is 4.43. The molecule has 4 aromatic rings. The maximum absolute atomic E-state index is 12.9. The van der Waals surface area contributed by atoms with Crippen molar-refractivity contribution in [3.8, 4) is 5.69 Å². The molecular formula is C22H21BrN4O2. The molecule has 0 saturated carbocycles. The van der Waals surface area contributed by atoms with E-state index < -0.39 is 5.97 Å². The van der Waals surface area contributed by atoms with Crippen molar-refractivity contribution in [2.45, 2.75) is 20.3 Å². The number of carbonyl (C=O) groups is 1. The Morgan fingerprint density at radius 2 is 1.79 bits per heavy atom. The van der Waals surface area contributed by atoms with Crippen LogP contribution in [0.3, 0.4) is 0 Å². The predicted octanol–water partition coefficient (Wildman–Crippen LogP) is 5.12. The van der Waals surface area contributed by atoms with Gasteiger partial charge in [0.05, 0.1) is 17.6 Å². The summed E-state index contributed by atoms with van der Waals surface area (Å²) in [5.74, 6) is 0.0620. The molecule has 0 amide bonds. The summed E-state index contributed by atoms with van der Waals surface area (Å²) in [6, 6.07) is 15.2. The molecule has 0 fully saturated rings. The van der Waals surface area contributed by atoms with E-state index in [2.05, 4.69) is 22.9 Å². The quantitative estimate of drug-likeness (QED) is 0.424. The number of rotatable bonds is 5. The Kier molecular flexibility index (Phi) is 5.24. The lowest BCUT2D eigenvalue weighted by atomic mass is 10.1. The van der Waals surface area contributed by atoms with E-state index in [9.17, 15) is 4.79 Å². The van der Waals surface area contributed by atoms with Crippen molar-refractivity contribution in [3.05, 3.63) is 58.6 Å². The fraction of sp³-hybridized carbons (Fsp3) is 0.227. The summed E-state index contributed by atoms with van der Waals surface area (Å²) in [5, 5.41) is 0. The number of aromatic nitrogens is 3. The molecule has 0 aliphatic rings. The molecule has 0 aliphatic carbocycles. The number of esters is 1. The van der Waals surface area contributed by atoms with Crippen molar-refractivity contribution in [1.82, 2.24) is 14.5 Å². The fourth-order valence-corrected chi connectivity index (χ4v) is 3.39. The minimum absolute atomic E-state index is 0.254. The van der Waals surface area contributed by atoms with Crippen LogP contribution in [0.25, 0.3) is 27.9 Å². The third-order valence-corrected chi connectivity index (χ3v) is 5.51. The van der Waals surface area contributed by atoms with Gasteiger partial charge in [-0.25, -0.2) is 14.8 Å². The van der Waals surface area contributed by atoms with E-state index in [1.54, 1.807) is 4.57 Å². The highest BCUT2D eigenvalue weighted by atomic mass is 79.9. The molecule has 4 rings (SSSR count). The van der Waals surface area contributed by atoms with Crippen molar-refractivity contribution < 1.29 is 9.53 Å². The number of fused-ring (bicyclic) bond motifs is 2. The Hall–Kier alpha value is -2.93. The van der Waals surface area contributed by atoms with Gasteiger partial charge in [0, 0.05) is 10.2 Å². The summed E-state index contributed by atoms with van der Waals surface area (Å²) < 4.78 is 8.24. The van der Waals surface area contributed by atoms with Crippen molar-refractivity contribution in [1.29, 1.82) is 0 Å². The number of hydrogen-bond donors (Lipinski definition) is 1. The molecule has 2 aromatic carbocycles. The first-order valence-corrected chi connectivity index (χ1v) is 10.3. The van der Waals surface area contributed by atoms with Crippen LogP contribution in [-0.4, -0.2) is 27.1 Å². The molecule has 2 aromatic heterocycles. The van der Waals surface area contributed by atoms with Gasteiger partial charge in [-0.05, 0) is 42.3 Å². The normalized spacial score (nSPS) is 12.4. The van der Waals surface area contributed by atoms with E-state index in [1.165, 1.54) is 0 Å². The SMILES string of the molecule is CC[C@H](C)COC(=O)c1c(N)n(-c2ccc(Br)cc2)c2nc3ccccc3nc12. The number of para-hydroxylation sites is 2. The maximum atomic E-state index is 12.9. The molecule has 0 spiro atoms. The summed E-state index contributed by atoms with van der Waals surface area (Å²) in [4.78, 5) is 22.4. The molecule has 2 N–H and O–H groups in total. The molecule has 6 nitrogen and oxygen atoms in total. The van der Waals surface area contributed by atoms with Crippen LogP contribution in [0.4, 0.5) is 5.82 Å². The predicted molar refractivity (Wildman–Crippen MR) is 118 cm³/mol. The van der Waals surface area contributed by atoms with Crippen LogP contribution in [0.2, 0.25) is 0 Å². The fourth-order valence-electron chi connectivity index (χ4n) is 3.12. The van der Waals surface area contributed by atoms with E-state index >= 15 is 0 Å². The molecule has 7 heteroatoms. The topological polar surface area (TPSA) is 83.0 Å². The second-order valence-electron chi connectivity index (χ2n) is 7.07. The lowest BCUT2D eigenvalue weighted by Gasteiger charge is -2.10. The van der Waals surface area contributed by atoms with E-state index in [-0.39, 0.29) is 17.3 Å². The molecule has 0 bridgehead atoms. The summed E-state index contributed by atoms with van der Waals surface area (Å²) in [5.41, 5.74) is 9.91. The second-order valence-corrected chi connectivity index (χ2v) is 7.98. The third-order valence-electron chi connectivity index (χ3n) is 4.98. The monoisotopic (exact) mass is 452 g/mol. The van der Waals surface area contributed by atoms with Gasteiger partial charge in [0.25, 0.3) is 0 Å². The first-order valence-electron chi connectivity index (χ1n) is 9.49. The van der Waals surface area contributed by atoms with Gasteiger partial charge >= 0.3 is 5.97 Å². The van der Waals surface area contributed by atoms with Crippen molar-refractivity contribution >= 4 is 49.9 Å². The molecular weight excluding hydrogens is 432 g/mol. The highest BCUT2D eigenvalue weighted by Gasteiger charge is 2.26. The Balaban J connectivity index is 1.94. The summed E-state index contributed by atoms with van der Waals surface area (Å²) in [6.07, 6.45) is 0.924.